The van der Waals surface area contributed by atoms with Gasteiger partial charge < -0.3 is 15.8 Å². The minimum absolute atomic E-state index is 0.0105. The number of hydrogen-bond acceptors (Lipinski definition) is 3. The molecule has 2 rings (SSSR count). The van der Waals surface area contributed by atoms with Crippen molar-refractivity contribution >= 4 is 5.91 Å². The summed E-state index contributed by atoms with van der Waals surface area (Å²) in [5.41, 5.74) is 7.11. The van der Waals surface area contributed by atoms with Gasteiger partial charge in [0.05, 0.1) is 0 Å². The van der Waals surface area contributed by atoms with E-state index in [1.165, 1.54) is 0 Å². The Morgan fingerprint density at radius 2 is 2.10 bits per heavy atom. The summed E-state index contributed by atoms with van der Waals surface area (Å²) in [5, 5.41) is 2.97. The van der Waals surface area contributed by atoms with Gasteiger partial charge in [-0.15, -0.1) is 0 Å². The lowest BCUT2D eigenvalue weighted by Crippen LogP contribution is -2.43. The molecule has 0 radical (unpaired) electrons. The van der Waals surface area contributed by atoms with Crippen LogP contribution in [0.2, 0.25) is 0 Å². The van der Waals surface area contributed by atoms with Gasteiger partial charge in [-0.3, -0.25) is 4.79 Å². The zero-order chi connectivity index (χ0) is 14.5. The fourth-order valence-corrected chi connectivity index (χ4v) is 2.78. The van der Waals surface area contributed by atoms with E-state index >= 15 is 0 Å². The molecule has 2 unspecified atom stereocenters. The topological polar surface area (TPSA) is 64.3 Å². The van der Waals surface area contributed by atoms with E-state index in [4.69, 9.17) is 10.5 Å². The molecule has 110 valence electrons. The summed E-state index contributed by atoms with van der Waals surface area (Å²) in [6.45, 7) is 5.23. The highest BCUT2D eigenvalue weighted by molar-refractivity contribution is 5.85. The molecule has 20 heavy (non-hydrogen) atoms. The highest BCUT2D eigenvalue weighted by Crippen LogP contribution is 2.33. The molecular weight excluding hydrogens is 252 g/mol. The van der Waals surface area contributed by atoms with Crippen molar-refractivity contribution in [3.05, 3.63) is 29.8 Å². The minimum Gasteiger partial charge on any atom is -0.492 e. The Morgan fingerprint density at radius 3 is 2.80 bits per heavy atom. The van der Waals surface area contributed by atoms with Gasteiger partial charge in [0.15, 0.2) is 0 Å². The second kappa shape index (κ2) is 6.75. The van der Waals surface area contributed by atoms with Crippen LogP contribution >= 0.6 is 0 Å². The molecule has 0 saturated heterocycles. The molecule has 4 heteroatoms. The predicted molar refractivity (Wildman–Crippen MR) is 79.7 cm³/mol. The maximum absolute atomic E-state index is 12.3. The monoisotopic (exact) mass is 276 g/mol. The predicted octanol–water partition coefficient (Wildman–Crippen LogP) is 2.04. The highest BCUT2D eigenvalue weighted by Gasteiger charge is 2.30. The molecule has 0 saturated carbocycles. The van der Waals surface area contributed by atoms with E-state index in [1.807, 2.05) is 24.3 Å². The van der Waals surface area contributed by atoms with Gasteiger partial charge in [0.2, 0.25) is 5.91 Å². The zero-order valence-corrected chi connectivity index (χ0v) is 12.3. The number of fused-ring (bicyclic) bond motifs is 1. The molecule has 1 aliphatic rings. The van der Waals surface area contributed by atoms with E-state index < -0.39 is 0 Å². The molecule has 4 nitrogen and oxygen atoms in total. The standard InChI is InChI=1S/C16H24N2O2/c1-3-11(4-2)14(17)9-18-16(19)13-10-20-15-8-6-5-7-12(13)15/h5-8,11,13-14H,3-4,9-10,17H2,1-2H3,(H,18,19). The van der Waals surface area contributed by atoms with E-state index in [-0.39, 0.29) is 17.9 Å². The Hall–Kier alpha value is -1.55. The number of carbonyl (C=O) groups excluding carboxylic acids is 1. The van der Waals surface area contributed by atoms with Gasteiger partial charge in [-0.05, 0) is 12.0 Å². The molecule has 0 bridgehead atoms. The van der Waals surface area contributed by atoms with Crippen LogP contribution in [0.4, 0.5) is 0 Å². The maximum atomic E-state index is 12.3. The van der Waals surface area contributed by atoms with Crippen LogP contribution in [0.1, 0.15) is 38.2 Å². The lowest BCUT2D eigenvalue weighted by molar-refractivity contribution is -0.122. The zero-order valence-electron chi connectivity index (χ0n) is 12.3. The lowest BCUT2D eigenvalue weighted by atomic mass is 9.94. The van der Waals surface area contributed by atoms with Gasteiger partial charge in [0.25, 0.3) is 0 Å². The number of benzene rings is 1. The van der Waals surface area contributed by atoms with Crippen LogP contribution in [0.25, 0.3) is 0 Å². The van der Waals surface area contributed by atoms with Crippen molar-refractivity contribution in [2.45, 2.75) is 38.6 Å². The third-order valence-corrected chi connectivity index (χ3v) is 4.18. The molecule has 2 atom stereocenters. The van der Waals surface area contributed by atoms with E-state index in [1.54, 1.807) is 0 Å². The van der Waals surface area contributed by atoms with Gasteiger partial charge in [0.1, 0.15) is 18.3 Å². The number of hydrogen-bond donors (Lipinski definition) is 2. The van der Waals surface area contributed by atoms with Crippen molar-refractivity contribution in [2.75, 3.05) is 13.2 Å². The van der Waals surface area contributed by atoms with Crippen molar-refractivity contribution in [1.82, 2.24) is 5.32 Å². The summed E-state index contributed by atoms with van der Waals surface area (Å²) in [6, 6.07) is 7.73. The minimum atomic E-state index is -0.208. The summed E-state index contributed by atoms with van der Waals surface area (Å²) in [4.78, 5) is 12.3. The Kier molecular flexibility index (Phi) is 5.01. The number of rotatable bonds is 6. The van der Waals surface area contributed by atoms with Gasteiger partial charge in [-0.1, -0.05) is 44.9 Å². The second-order valence-corrected chi connectivity index (χ2v) is 5.39. The fourth-order valence-electron chi connectivity index (χ4n) is 2.78. The van der Waals surface area contributed by atoms with Crippen molar-refractivity contribution in [2.24, 2.45) is 11.7 Å². The number of para-hydroxylation sites is 1. The first kappa shape index (κ1) is 14.9. The first-order chi connectivity index (χ1) is 9.67. The highest BCUT2D eigenvalue weighted by atomic mass is 16.5. The summed E-state index contributed by atoms with van der Waals surface area (Å²) < 4.78 is 5.54. The third-order valence-electron chi connectivity index (χ3n) is 4.18. The third kappa shape index (κ3) is 3.12. The fraction of sp³-hybridized carbons (Fsp3) is 0.562. The van der Waals surface area contributed by atoms with E-state index in [0.717, 1.165) is 24.2 Å². The van der Waals surface area contributed by atoms with Crippen molar-refractivity contribution in [1.29, 1.82) is 0 Å². The quantitative estimate of drug-likeness (QED) is 0.835. The Morgan fingerprint density at radius 1 is 1.40 bits per heavy atom. The molecule has 0 fully saturated rings. The average molecular weight is 276 g/mol. The van der Waals surface area contributed by atoms with Gasteiger partial charge in [-0.2, -0.15) is 0 Å². The van der Waals surface area contributed by atoms with Crippen molar-refractivity contribution in [3.63, 3.8) is 0 Å². The first-order valence-electron chi connectivity index (χ1n) is 7.42. The SMILES string of the molecule is CCC(CC)C(N)CNC(=O)C1COc2ccccc21. The van der Waals surface area contributed by atoms with Gasteiger partial charge >= 0.3 is 0 Å². The van der Waals surface area contributed by atoms with E-state index in [9.17, 15) is 4.79 Å². The lowest BCUT2D eigenvalue weighted by Gasteiger charge is -2.22. The number of nitrogens with two attached hydrogens (primary N) is 1. The molecule has 0 aromatic heterocycles. The number of ether oxygens (including phenoxy) is 1. The summed E-state index contributed by atoms with van der Waals surface area (Å²) in [5.74, 6) is 1.08. The van der Waals surface area contributed by atoms with Crippen LogP contribution < -0.4 is 15.8 Å². The van der Waals surface area contributed by atoms with Gasteiger partial charge in [0, 0.05) is 18.2 Å². The van der Waals surface area contributed by atoms with Crippen molar-refractivity contribution in [3.8, 4) is 5.75 Å². The van der Waals surface area contributed by atoms with Crippen LogP contribution in [0.3, 0.4) is 0 Å². The summed E-state index contributed by atoms with van der Waals surface area (Å²) in [6.07, 6.45) is 2.09. The van der Waals surface area contributed by atoms with Crippen LogP contribution in [0, 0.1) is 5.92 Å². The molecule has 3 N–H and O–H groups in total. The van der Waals surface area contributed by atoms with Crippen molar-refractivity contribution < 1.29 is 9.53 Å². The molecular formula is C16H24N2O2. The number of nitrogens with one attached hydrogen (secondary N) is 1. The molecule has 1 heterocycles. The maximum Gasteiger partial charge on any atom is 0.231 e. The van der Waals surface area contributed by atoms with E-state index in [0.29, 0.717) is 19.1 Å². The summed E-state index contributed by atoms with van der Waals surface area (Å²) >= 11 is 0. The molecule has 1 aliphatic heterocycles. The Labute approximate surface area is 120 Å². The first-order valence-corrected chi connectivity index (χ1v) is 7.42. The molecule has 1 aromatic rings. The van der Waals surface area contributed by atoms with Gasteiger partial charge in [-0.25, -0.2) is 0 Å². The Balaban J connectivity index is 1.91. The second-order valence-electron chi connectivity index (χ2n) is 5.39. The van der Waals surface area contributed by atoms with Crippen LogP contribution in [0.15, 0.2) is 24.3 Å². The number of amides is 1. The molecule has 0 aliphatic carbocycles. The normalized spacial score (nSPS) is 18.5. The number of carbonyl (C=O) groups is 1. The molecule has 0 spiro atoms. The summed E-state index contributed by atoms with van der Waals surface area (Å²) in [7, 11) is 0. The average Bonchev–Trinajstić information content (AvgIpc) is 2.90. The van der Waals surface area contributed by atoms with Crippen LogP contribution in [-0.4, -0.2) is 25.1 Å². The van der Waals surface area contributed by atoms with E-state index in [2.05, 4.69) is 19.2 Å². The Bertz CT molecular complexity index is 458. The van der Waals surface area contributed by atoms with Crippen LogP contribution in [-0.2, 0) is 4.79 Å². The molecule has 1 amide bonds. The largest absolute Gasteiger partial charge is 0.492 e. The smallest absolute Gasteiger partial charge is 0.231 e. The molecule has 1 aromatic carbocycles. The van der Waals surface area contributed by atoms with Crippen LogP contribution in [0.5, 0.6) is 5.75 Å².